The Kier molecular flexibility index (Phi) is 8.08. The number of ether oxygens (including phenoxy) is 1. The van der Waals surface area contributed by atoms with Crippen molar-refractivity contribution in [1.82, 2.24) is 31.1 Å². The van der Waals surface area contributed by atoms with Crippen LogP contribution in [-0.2, 0) is 11.3 Å². The lowest BCUT2D eigenvalue weighted by atomic mass is 10.2. The van der Waals surface area contributed by atoms with Gasteiger partial charge in [-0.05, 0) is 59.9 Å². The number of anilines is 1. The highest BCUT2D eigenvalue weighted by molar-refractivity contribution is 7.80. The summed E-state index contributed by atoms with van der Waals surface area (Å²) in [6.07, 6.45) is 0. The number of nitrogens with zero attached hydrogens (tertiary/aromatic N) is 5. The molecule has 4 aromatic rings. The molecule has 0 aliphatic carbocycles. The van der Waals surface area contributed by atoms with Crippen LogP contribution in [0.15, 0.2) is 66.7 Å². The van der Waals surface area contributed by atoms with Crippen LogP contribution in [-0.4, -0.2) is 36.2 Å². The molecule has 15 heteroatoms. The molecule has 0 saturated carbocycles. The lowest BCUT2D eigenvalue weighted by molar-refractivity contribution is -0.384. The number of para-hydroxylation sites is 1. The van der Waals surface area contributed by atoms with Gasteiger partial charge < -0.3 is 10.1 Å². The number of rotatable bonds is 7. The number of nitro benzene ring substituents is 1. The van der Waals surface area contributed by atoms with Crippen LogP contribution in [0.5, 0.6) is 11.5 Å². The molecule has 1 aromatic heterocycles. The predicted octanol–water partition coefficient (Wildman–Crippen LogP) is 4.37. The summed E-state index contributed by atoms with van der Waals surface area (Å²) in [5, 5.41) is 26.6. The maximum Gasteiger partial charge on any atom is 0.269 e. The molecule has 3 aromatic carbocycles. The highest BCUT2D eigenvalue weighted by atomic mass is 35.5. The van der Waals surface area contributed by atoms with Gasteiger partial charge in [0.05, 0.1) is 15.5 Å². The molecular formula is C22H16Cl2N8O4S. The van der Waals surface area contributed by atoms with Gasteiger partial charge in [0.15, 0.2) is 5.11 Å². The van der Waals surface area contributed by atoms with Crippen LogP contribution >= 0.6 is 35.4 Å². The lowest BCUT2D eigenvalue weighted by Gasteiger charge is -2.11. The van der Waals surface area contributed by atoms with Crippen LogP contribution in [0.25, 0.3) is 11.4 Å². The summed E-state index contributed by atoms with van der Waals surface area (Å²) in [7, 11) is 0. The second-order valence-electron chi connectivity index (χ2n) is 7.25. The first-order chi connectivity index (χ1) is 17.8. The molecule has 0 aliphatic rings. The van der Waals surface area contributed by atoms with E-state index < -0.39 is 10.8 Å². The summed E-state index contributed by atoms with van der Waals surface area (Å²) in [5.41, 5.74) is 5.91. The molecule has 3 N–H and O–H groups in total. The molecule has 0 unspecified atom stereocenters. The van der Waals surface area contributed by atoms with Gasteiger partial charge in [-0.15, -0.1) is 10.2 Å². The number of tetrazole rings is 1. The van der Waals surface area contributed by atoms with E-state index in [1.165, 1.54) is 24.3 Å². The number of carbonyl (C=O) groups is 1. The van der Waals surface area contributed by atoms with E-state index >= 15 is 0 Å². The van der Waals surface area contributed by atoms with Gasteiger partial charge >= 0.3 is 0 Å². The van der Waals surface area contributed by atoms with Crippen molar-refractivity contribution in [3.8, 4) is 22.9 Å². The molecule has 4 rings (SSSR count). The molecule has 0 spiro atoms. The van der Waals surface area contributed by atoms with Gasteiger partial charge in [0, 0.05) is 22.8 Å². The third-order valence-corrected chi connectivity index (χ3v) is 5.37. The Morgan fingerprint density at radius 3 is 2.54 bits per heavy atom. The van der Waals surface area contributed by atoms with Crippen molar-refractivity contribution in [1.29, 1.82) is 0 Å². The maximum atomic E-state index is 12.3. The number of nitro groups is 1. The fourth-order valence-corrected chi connectivity index (χ4v) is 3.57. The van der Waals surface area contributed by atoms with E-state index in [9.17, 15) is 14.9 Å². The molecule has 0 bridgehead atoms. The number of hydrogen-bond donors (Lipinski definition) is 3. The molecule has 37 heavy (non-hydrogen) atoms. The van der Waals surface area contributed by atoms with E-state index in [2.05, 4.69) is 31.6 Å². The minimum absolute atomic E-state index is 0.0552. The maximum absolute atomic E-state index is 12.3. The largest absolute Gasteiger partial charge is 0.455 e. The number of carbonyl (C=O) groups excluding carboxylic acids is 1. The fourth-order valence-electron chi connectivity index (χ4n) is 2.96. The zero-order valence-electron chi connectivity index (χ0n) is 18.6. The third kappa shape index (κ3) is 6.88. The SMILES string of the molecule is O=C(Cn1nnc(-c2ccccc2Oc2ccc(Cl)cc2Cl)n1)NNC(=S)Nc1ccc([N+](=O)[O-])cc1. The molecule has 0 aliphatic heterocycles. The Balaban J connectivity index is 1.34. The van der Waals surface area contributed by atoms with Crippen LogP contribution in [0.2, 0.25) is 10.0 Å². The second-order valence-corrected chi connectivity index (χ2v) is 8.50. The second kappa shape index (κ2) is 11.6. The summed E-state index contributed by atoms with van der Waals surface area (Å²) in [6, 6.07) is 17.5. The minimum Gasteiger partial charge on any atom is -0.455 e. The Hall–Kier alpha value is -4.33. The van der Waals surface area contributed by atoms with E-state index in [0.717, 1.165) is 4.80 Å². The summed E-state index contributed by atoms with van der Waals surface area (Å²) in [6.45, 7) is -0.258. The van der Waals surface area contributed by atoms with Crippen molar-refractivity contribution < 1.29 is 14.5 Å². The standard InChI is InChI=1S/C22H16Cl2N8O4S/c23-13-5-10-19(17(24)11-13)36-18-4-2-1-3-16(18)21-27-30-31(29-21)12-20(33)26-28-22(37)25-14-6-8-15(9-7-14)32(34)35/h1-11H,12H2,(H,26,33)(H2,25,28,37). The van der Waals surface area contributed by atoms with Gasteiger partial charge in [-0.25, -0.2) is 0 Å². The van der Waals surface area contributed by atoms with Crippen molar-refractivity contribution >= 4 is 57.8 Å². The van der Waals surface area contributed by atoms with Crippen molar-refractivity contribution in [2.24, 2.45) is 0 Å². The average molecular weight is 559 g/mol. The highest BCUT2D eigenvalue weighted by Crippen LogP contribution is 2.35. The Morgan fingerprint density at radius 1 is 1.05 bits per heavy atom. The third-order valence-electron chi connectivity index (χ3n) is 4.63. The number of benzene rings is 3. The molecular weight excluding hydrogens is 543 g/mol. The normalized spacial score (nSPS) is 10.4. The van der Waals surface area contributed by atoms with Crippen LogP contribution in [0.4, 0.5) is 11.4 Å². The molecule has 188 valence electrons. The summed E-state index contributed by atoms with van der Waals surface area (Å²) in [5.74, 6) is 0.556. The first-order valence-corrected chi connectivity index (χ1v) is 11.6. The minimum atomic E-state index is -0.509. The predicted molar refractivity (Wildman–Crippen MR) is 140 cm³/mol. The average Bonchev–Trinajstić information content (AvgIpc) is 3.33. The summed E-state index contributed by atoms with van der Waals surface area (Å²) in [4.78, 5) is 23.6. The van der Waals surface area contributed by atoms with Crippen molar-refractivity contribution in [3.63, 3.8) is 0 Å². The highest BCUT2D eigenvalue weighted by Gasteiger charge is 2.15. The van der Waals surface area contributed by atoms with Gasteiger partial charge in [0.2, 0.25) is 5.82 Å². The van der Waals surface area contributed by atoms with Gasteiger partial charge in [-0.3, -0.25) is 25.8 Å². The molecule has 0 fully saturated rings. The molecule has 0 atom stereocenters. The summed E-state index contributed by atoms with van der Waals surface area (Å²) >= 11 is 17.3. The number of thiocarbonyl (C=S) groups is 1. The smallest absolute Gasteiger partial charge is 0.269 e. The van der Waals surface area contributed by atoms with Crippen LogP contribution < -0.4 is 20.9 Å². The fraction of sp³-hybridized carbons (Fsp3) is 0.0455. The van der Waals surface area contributed by atoms with E-state index in [-0.39, 0.29) is 23.2 Å². The number of halogens is 2. The molecule has 1 amide bonds. The number of hydrogen-bond acceptors (Lipinski definition) is 8. The molecule has 12 nitrogen and oxygen atoms in total. The van der Waals surface area contributed by atoms with Crippen molar-refractivity contribution in [2.45, 2.75) is 6.54 Å². The number of non-ortho nitro benzene ring substituents is 1. The zero-order valence-corrected chi connectivity index (χ0v) is 20.9. The number of amides is 1. The van der Waals surface area contributed by atoms with Crippen molar-refractivity contribution in [2.75, 3.05) is 5.32 Å². The van der Waals surface area contributed by atoms with Crippen LogP contribution in [0.3, 0.4) is 0 Å². The van der Waals surface area contributed by atoms with Gasteiger partial charge in [-0.1, -0.05) is 35.3 Å². The van der Waals surface area contributed by atoms with Crippen LogP contribution in [0.1, 0.15) is 0 Å². The number of aromatic nitrogens is 4. The van der Waals surface area contributed by atoms with E-state index in [1.807, 2.05) is 0 Å². The Labute approximate surface area is 224 Å². The monoisotopic (exact) mass is 558 g/mol. The van der Waals surface area contributed by atoms with Gasteiger partial charge in [0.1, 0.15) is 18.0 Å². The Bertz CT molecular complexity index is 1470. The van der Waals surface area contributed by atoms with E-state index in [0.29, 0.717) is 32.8 Å². The van der Waals surface area contributed by atoms with E-state index in [4.69, 9.17) is 40.2 Å². The lowest BCUT2D eigenvalue weighted by Crippen LogP contribution is -2.45. The zero-order chi connectivity index (χ0) is 26.4. The Morgan fingerprint density at radius 2 is 1.81 bits per heavy atom. The van der Waals surface area contributed by atoms with Gasteiger partial charge in [-0.2, -0.15) is 4.80 Å². The first-order valence-electron chi connectivity index (χ1n) is 10.4. The van der Waals surface area contributed by atoms with E-state index in [1.54, 1.807) is 42.5 Å². The van der Waals surface area contributed by atoms with Gasteiger partial charge in [0.25, 0.3) is 11.6 Å². The first kappa shape index (κ1) is 25.8. The topological polar surface area (TPSA) is 149 Å². The molecule has 0 saturated heterocycles. The quantitative estimate of drug-likeness (QED) is 0.169. The van der Waals surface area contributed by atoms with Crippen LogP contribution in [0, 0.1) is 10.1 Å². The number of nitrogens with one attached hydrogen (secondary N) is 3. The number of hydrazine groups is 1. The molecule has 1 heterocycles. The van der Waals surface area contributed by atoms with Crippen molar-refractivity contribution in [3.05, 3.63) is 86.9 Å². The summed E-state index contributed by atoms with van der Waals surface area (Å²) < 4.78 is 5.92. The molecule has 0 radical (unpaired) electrons.